The number of phosphoric acid groups is 3. The molecule has 7 atom stereocenters. The summed E-state index contributed by atoms with van der Waals surface area (Å²) in [6, 6.07) is 0. The number of rotatable bonds is 12. The van der Waals surface area contributed by atoms with Gasteiger partial charge < -0.3 is 40.1 Å². The van der Waals surface area contributed by atoms with Crippen molar-refractivity contribution in [3.8, 4) is 0 Å². The summed E-state index contributed by atoms with van der Waals surface area (Å²) in [6.45, 7) is -1.16. The molecule has 208 valence electrons. The topological polar surface area (TPSA) is 294 Å². The number of aliphatic hydroxyl groups excluding tert-OH is 2. The molecule has 3 rings (SSSR count). The summed E-state index contributed by atoms with van der Waals surface area (Å²) in [5, 5.41) is 20.6. The number of phosphoric ester groups is 2. The first-order valence-electron chi connectivity index (χ1n) is 9.89. The van der Waals surface area contributed by atoms with Crippen molar-refractivity contribution < 1.29 is 70.5 Å². The molecular formula is C14H22N5O15P3. The summed E-state index contributed by atoms with van der Waals surface area (Å²) in [4.78, 5) is 51.1. The molecule has 0 radical (unpaired) electrons. The molecule has 0 amide bonds. The number of hydrogen-bond acceptors (Lipinski definition) is 16. The van der Waals surface area contributed by atoms with E-state index >= 15 is 0 Å². The Hall–Kier alpha value is -1.89. The summed E-state index contributed by atoms with van der Waals surface area (Å²) in [5.41, 5.74) is 6.02. The van der Waals surface area contributed by atoms with Gasteiger partial charge >= 0.3 is 29.4 Å². The van der Waals surface area contributed by atoms with E-state index in [1.165, 1.54) is 10.9 Å². The van der Waals surface area contributed by atoms with Crippen molar-refractivity contribution in [2.45, 2.75) is 31.5 Å². The quantitative estimate of drug-likeness (QED) is 0.0972. The largest absolute Gasteiger partial charge is 0.490 e. The molecule has 7 N–H and O–H groups in total. The van der Waals surface area contributed by atoms with Crippen LogP contribution in [-0.4, -0.2) is 88.5 Å². The number of imidazole rings is 1. The fourth-order valence-corrected chi connectivity index (χ4v) is 6.47. The molecule has 3 unspecified atom stereocenters. The lowest BCUT2D eigenvalue weighted by Gasteiger charge is -2.20. The van der Waals surface area contributed by atoms with Crippen molar-refractivity contribution in [1.82, 2.24) is 19.5 Å². The Bertz CT molecular complexity index is 1270. The minimum Gasteiger partial charge on any atom is -0.463 e. The van der Waals surface area contributed by atoms with E-state index in [2.05, 4.69) is 37.4 Å². The molecule has 1 aliphatic rings. The Morgan fingerprint density at radius 1 is 1.03 bits per heavy atom. The average molecular weight is 593 g/mol. The molecule has 20 nitrogen and oxygen atoms in total. The highest BCUT2D eigenvalue weighted by Gasteiger charge is 2.47. The summed E-state index contributed by atoms with van der Waals surface area (Å²) >= 11 is 0. The lowest BCUT2D eigenvalue weighted by atomic mass is 10.1. The van der Waals surface area contributed by atoms with Gasteiger partial charge in [0, 0.05) is 6.92 Å². The third-order valence-corrected chi connectivity index (χ3v) is 8.74. The number of carbonyl (C=O) groups is 1. The molecule has 2 aromatic heterocycles. The zero-order chi connectivity index (χ0) is 27.6. The van der Waals surface area contributed by atoms with E-state index < -0.39 is 73.8 Å². The number of anilines is 1. The van der Waals surface area contributed by atoms with Crippen LogP contribution >= 0.6 is 23.5 Å². The predicted molar refractivity (Wildman–Crippen MR) is 116 cm³/mol. The molecule has 0 aliphatic carbocycles. The molecule has 3 heterocycles. The standard InChI is InChI=1S/C14H22N5O15P3/c1-7(20)29-2-3-30-35(23,24)33-37(27,28)34-36(25,26)31-4-8-10(21)11(22)14(32-8)19-6-18-9-12(15)16-5-17-13(9)19/h5-6,8,10-11,14,21-22H,2-4H2,1H3,(H,23,24)(H,25,26)(H,27,28)(H2,15,16,17)/t8-,10-,11-,14-/m1/s1. The van der Waals surface area contributed by atoms with Crippen molar-refractivity contribution in [3.05, 3.63) is 12.7 Å². The van der Waals surface area contributed by atoms with Gasteiger partial charge in [-0.05, 0) is 0 Å². The van der Waals surface area contributed by atoms with Gasteiger partial charge in [0.25, 0.3) is 0 Å². The highest BCUT2D eigenvalue weighted by atomic mass is 31.3. The number of fused-ring (bicyclic) bond motifs is 1. The van der Waals surface area contributed by atoms with E-state index in [0.29, 0.717) is 0 Å². The first-order valence-corrected chi connectivity index (χ1v) is 14.4. The Morgan fingerprint density at radius 2 is 1.68 bits per heavy atom. The van der Waals surface area contributed by atoms with Crippen molar-refractivity contribution in [2.24, 2.45) is 0 Å². The Balaban J connectivity index is 1.58. The van der Waals surface area contributed by atoms with E-state index in [0.717, 1.165) is 13.3 Å². The lowest BCUT2D eigenvalue weighted by molar-refractivity contribution is -0.141. The summed E-state index contributed by atoms with van der Waals surface area (Å²) in [5.74, 6) is -0.702. The zero-order valence-electron chi connectivity index (χ0n) is 18.6. The van der Waals surface area contributed by atoms with Gasteiger partial charge in [-0.15, -0.1) is 0 Å². The van der Waals surface area contributed by atoms with Gasteiger partial charge in [0.1, 0.15) is 36.8 Å². The van der Waals surface area contributed by atoms with Crippen LogP contribution in [0, 0.1) is 0 Å². The Labute approximate surface area is 206 Å². The van der Waals surface area contributed by atoms with Crippen LogP contribution in [0.15, 0.2) is 12.7 Å². The third kappa shape index (κ3) is 7.81. The van der Waals surface area contributed by atoms with Crippen molar-refractivity contribution in [1.29, 1.82) is 0 Å². The SMILES string of the molecule is CC(=O)OCCOP(=O)(O)OP(=O)(O)OP(=O)(O)OC[C@H]1O[C@@H](n2cnc3c(N)ncnc32)[C@H](O)[C@@H]1O. The number of esters is 1. The molecule has 0 aromatic carbocycles. The average Bonchev–Trinajstić information content (AvgIpc) is 3.30. The predicted octanol–water partition coefficient (Wildman–Crippen LogP) is -1.04. The minimum atomic E-state index is -5.75. The number of nitrogen functional groups attached to an aromatic ring is 1. The number of carbonyl (C=O) groups excluding carboxylic acids is 1. The maximum atomic E-state index is 12.1. The molecule has 0 spiro atoms. The molecule has 0 bridgehead atoms. The first kappa shape index (κ1) is 29.7. The molecule has 1 fully saturated rings. The van der Waals surface area contributed by atoms with E-state index in [-0.39, 0.29) is 17.0 Å². The lowest BCUT2D eigenvalue weighted by Crippen LogP contribution is -2.33. The second-order valence-corrected chi connectivity index (χ2v) is 11.8. The number of ether oxygens (including phenoxy) is 2. The van der Waals surface area contributed by atoms with E-state index in [4.69, 9.17) is 10.5 Å². The maximum Gasteiger partial charge on any atom is 0.490 e. The van der Waals surface area contributed by atoms with Crippen LogP contribution in [0.1, 0.15) is 13.2 Å². The van der Waals surface area contributed by atoms with Gasteiger partial charge in [-0.2, -0.15) is 8.62 Å². The van der Waals surface area contributed by atoms with Gasteiger partial charge in [0.2, 0.25) is 0 Å². The van der Waals surface area contributed by atoms with Gasteiger partial charge in [-0.25, -0.2) is 28.6 Å². The molecule has 0 saturated carbocycles. The summed E-state index contributed by atoms with van der Waals surface area (Å²) in [6.07, 6.45) is -3.77. The van der Waals surface area contributed by atoms with Crippen LogP contribution in [0.3, 0.4) is 0 Å². The Morgan fingerprint density at radius 3 is 2.32 bits per heavy atom. The monoisotopic (exact) mass is 593 g/mol. The molecule has 23 heteroatoms. The van der Waals surface area contributed by atoms with Gasteiger partial charge in [0.15, 0.2) is 17.7 Å². The second kappa shape index (κ2) is 11.5. The maximum absolute atomic E-state index is 12.1. The molecule has 2 aromatic rings. The number of aliphatic hydroxyl groups is 2. The van der Waals surface area contributed by atoms with Crippen LogP contribution in [0.25, 0.3) is 11.2 Å². The van der Waals surface area contributed by atoms with Crippen molar-refractivity contribution in [2.75, 3.05) is 25.6 Å². The second-order valence-electron chi connectivity index (χ2n) is 7.17. The molecule has 1 aliphatic heterocycles. The summed E-state index contributed by atoms with van der Waals surface area (Å²) in [7, 11) is -16.6. The first-order chi connectivity index (χ1) is 17.1. The third-order valence-electron chi connectivity index (χ3n) is 4.46. The summed E-state index contributed by atoms with van der Waals surface area (Å²) < 4.78 is 63.4. The van der Waals surface area contributed by atoms with Crippen LogP contribution in [0.5, 0.6) is 0 Å². The van der Waals surface area contributed by atoms with Gasteiger partial charge in [-0.3, -0.25) is 18.4 Å². The highest BCUT2D eigenvalue weighted by molar-refractivity contribution is 7.66. The number of hydrogen-bond donors (Lipinski definition) is 6. The van der Waals surface area contributed by atoms with E-state index in [1.54, 1.807) is 0 Å². The molecular weight excluding hydrogens is 571 g/mol. The zero-order valence-corrected chi connectivity index (χ0v) is 21.3. The van der Waals surface area contributed by atoms with Crippen LogP contribution < -0.4 is 5.73 Å². The van der Waals surface area contributed by atoms with Crippen LogP contribution in [0.2, 0.25) is 0 Å². The number of aromatic nitrogens is 4. The van der Waals surface area contributed by atoms with Gasteiger partial charge in [-0.1, -0.05) is 0 Å². The normalized spacial score (nSPS) is 26.9. The minimum absolute atomic E-state index is 0.0351. The number of nitrogens with zero attached hydrogens (tertiary/aromatic N) is 4. The van der Waals surface area contributed by atoms with E-state index in [1.807, 2.05) is 0 Å². The Kier molecular flexibility index (Phi) is 9.19. The van der Waals surface area contributed by atoms with E-state index in [9.17, 15) is 43.4 Å². The highest BCUT2D eigenvalue weighted by Crippen LogP contribution is 2.67. The fourth-order valence-electron chi connectivity index (χ4n) is 2.98. The molecule has 37 heavy (non-hydrogen) atoms. The van der Waals surface area contributed by atoms with Gasteiger partial charge in [0.05, 0.1) is 19.5 Å². The number of nitrogens with two attached hydrogens (primary N) is 1. The van der Waals surface area contributed by atoms with Crippen LogP contribution in [-0.2, 0) is 45.6 Å². The fraction of sp³-hybridized carbons (Fsp3) is 0.571. The molecule has 1 saturated heterocycles. The van der Waals surface area contributed by atoms with Crippen molar-refractivity contribution in [3.63, 3.8) is 0 Å². The smallest absolute Gasteiger partial charge is 0.463 e. The van der Waals surface area contributed by atoms with Crippen LogP contribution in [0.4, 0.5) is 5.82 Å². The van der Waals surface area contributed by atoms with Crippen molar-refractivity contribution >= 4 is 46.4 Å².